The van der Waals surface area contributed by atoms with E-state index in [1.54, 1.807) is 13.8 Å². The van der Waals surface area contributed by atoms with Crippen LogP contribution in [0, 0.1) is 17.5 Å². The molecule has 1 saturated heterocycles. The van der Waals surface area contributed by atoms with Crippen molar-refractivity contribution in [3.63, 3.8) is 0 Å². The maximum absolute atomic E-state index is 13.9. The van der Waals surface area contributed by atoms with Crippen LogP contribution < -0.4 is 0 Å². The number of nitrogens with zero attached hydrogens (tertiary/aromatic N) is 3. The molecule has 3 rings (SSSR count). The third kappa shape index (κ3) is 2.93. The van der Waals surface area contributed by atoms with Gasteiger partial charge in [0.25, 0.3) is 17.6 Å². The number of aromatic nitrogens is 2. The normalized spacial score (nSPS) is 16.9. The molecule has 1 aromatic carbocycles. The molecule has 0 atom stereocenters. The van der Waals surface area contributed by atoms with Crippen molar-refractivity contribution in [1.82, 2.24) is 15.0 Å². The zero-order chi connectivity index (χ0) is 18.4. The number of amides is 1. The molecule has 2 heterocycles. The molecule has 0 saturated carbocycles. The molecule has 1 amide bonds. The van der Waals surface area contributed by atoms with Crippen LogP contribution in [0.3, 0.4) is 0 Å². The molecule has 1 fully saturated rings. The fourth-order valence-corrected chi connectivity index (χ4v) is 2.52. The average molecular weight is 357 g/mol. The SMILES string of the molecule is CC1(C)COCCN1C(=O)c1noc(-c2cc(F)c(F)c(O)c2F)n1. The van der Waals surface area contributed by atoms with Gasteiger partial charge in [0.15, 0.2) is 17.4 Å². The lowest BCUT2D eigenvalue weighted by molar-refractivity contribution is -0.0376. The summed E-state index contributed by atoms with van der Waals surface area (Å²) in [5.74, 6) is -7.68. The molecule has 1 aromatic heterocycles. The number of aromatic hydroxyl groups is 1. The van der Waals surface area contributed by atoms with Gasteiger partial charge in [-0.2, -0.15) is 9.37 Å². The van der Waals surface area contributed by atoms with E-state index >= 15 is 0 Å². The Balaban J connectivity index is 1.95. The number of carbonyl (C=O) groups excluding carboxylic acids is 1. The van der Waals surface area contributed by atoms with Crippen molar-refractivity contribution in [1.29, 1.82) is 0 Å². The van der Waals surface area contributed by atoms with Crippen LogP contribution in [0.2, 0.25) is 0 Å². The molecule has 1 aliphatic heterocycles. The fourth-order valence-electron chi connectivity index (χ4n) is 2.52. The van der Waals surface area contributed by atoms with Gasteiger partial charge < -0.3 is 19.3 Å². The summed E-state index contributed by atoms with van der Waals surface area (Å²) >= 11 is 0. The Hall–Kier alpha value is -2.62. The Bertz CT molecular complexity index is 838. The number of ether oxygens (including phenoxy) is 1. The second-order valence-corrected chi connectivity index (χ2v) is 6.13. The molecule has 25 heavy (non-hydrogen) atoms. The zero-order valence-corrected chi connectivity index (χ0v) is 13.3. The number of halogens is 3. The van der Waals surface area contributed by atoms with Crippen LogP contribution in [0.15, 0.2) is 10.6 Å². The Morgan fingerprint density at radius 2 is 2.04 bits per heavy atom. The van der Waals surface area contributed by atoms with Gasteiger partial charge in [0.1, 0.15) is 0 Å². The standard InChI is InChI=1S/C15H14F3N3O4/c1-15(2)6-24-4-3-21(15)14(23)12-19-13(25-20-12)7-5-8(16)10(18)11(22)9(7)17/h5,22H,3-4,6H2,1-2H3. The van der Waals surface area contributed by atoms with Gasteiger partial charge in [-0.25, -0.2) is 8.78 Å². The highest BCUT2D eigenvalue weighted by molar-refractivity contribution is 5.91. The predicted molar refractivity (Wildman–Crippen MR) is 77.2 cm³/mol. The van der Waals surface area contributed by atoms with E-state index in [-0.39, 0.29) is 5.82 Å². The second-order valence-electron chi connectivity index (χ2n) is 6.13. The molecule has 1 aliphatic rings. The third-order valence-electron chi connectivity index (χ3n) is 3.87. The summed E-state index contributed by atoms with van der Waals surface area (Å²) in [7, 11) is 0. The molecule has 1 N–H and O–H groups in total. The first-order valence-corrected chi connectivity index (χ1v) is 7.32. The van der Waals surface area contributed by atoms with Crippen molar-refractivity contribution in [2.45, 2.75) is 19.4 Å². The van der Waals surface area contributed by atoms with Gasteiger partial charge in [0, 0.05) is 6.54 Å². The Morgan fingerprint density at radius 1 is 1.32 bits per heavy atom. The van der Waals surface area contributed by atoms with Crippen LogP contribution in [0.5, 0.6) is 5.75 Å². The molecule has 0 radical (unpaired) electrons. The fraction of sp³-hybridized carbons (Fsp3) is 0.400. The number of morpholine rings is 1. The molecule has 0 unspecified atom stereocenters. The van der Waals surface area contributed by atoms with Gasteiger partial charge in [-0.1, -0.05) is 5.16 Å². The molecule has 7 nitrogen and oxygen atoms in total. The summed E-state index contributed by atoms with van der Waals surface area (Å²) in [4.78, 5) is 17.8. The van der Waals surface area contributed by atoms with E-state index in [1.807, 2.05) is 0 Å². The summed E-state index contributed by atoms with van der Waals surface area (Å²) in [6.45, 7) is 4.53. The van der Waals surface area contributed by atoms with Crippen molar-refractivity contribution in [2.24, 2.45) is 0 Å². The molecule has 0 spiro atoms. The average Bonchev–Trinajstić information content (AvgIpc) is 3.05. The minimum absolute atomic E-state index is 0.302. The van der Waals surface area contributed by atoms with E-state index in [4.69, 9.17) is 9.26 Å². The molecule has 10 heteroatoms. The number of rotatable bonds is 2. The number of benzene rings is 1. The number of phenols is 1. The first-order valence-electron chi connectivity index (χ1n) is 7.32. The van der Waals surface area contributed by atoms with Crippen molar-refractivity contribution in [3.8, 4) is 17.2 Å². The first-order chi connectivity index (χ1) is 11.7. The lowest BCUT2D eigenvalue weighted by Crippen LogP contribution is -2.55. The topological polar surface area (TPSA) is 88.7 Å². The number of hydrogen-bond acceptors (Lipinski definition) is 6. The van der Waals surface area contributed by atoms with Crippen molar-refractivity contribution in [2.75, 3.05) is 19.8 Å². The Labute approximate surface area is 140 Å². The Kier molecular flexibility index (Phi) is 4.15. The first kappa shape index (κ1) is 17.2. The van der Waals surface area contributed by atoms with E-state index in [9.17, 15) is 23.1 Å². The number of hydrogen-bond donors (Lipinski definition) is 1. The summed E-state index contributed by atoms with van der Waals surface area (Å²) in [5.41, 5.74) is -1.26. The summed E-state index contributed by atoms with van der Waals surface area (Å²) in [5, 5.41) is 12.7. The monoisotopic (exact) mass is 357 g/mol. The van der Waals surface area contributed by atoms with Gasteiger partial charge in [0.2, 0.25) is 5.82 Å². The third-order valence-corrected chi connectivity index (χ3v) is 3.87. The second kappa shape index (κ2) is 6.03. The van der Waals surface area contributed by atoms with Crippen LogP contribution in [0.1, 0.15) is 24.5 Å². The van der Waals surface area contributed by atoms with Crippen LogP contribution in [-0.2, 0) is 4.74 Å². The largest absolute Gasteiger partial charge is 0.503 e. The van der Waals surface area contributed by atoms with E-state index in [2.05, 4.69) is 10.1 Å². The van der Waals surface area contributed by atoms with Gasteiger partial charge in [0.05, 0.1) is 24.3 Å². The van der Waals surface area contributed by atoms with Crippen molar-refractivity contribution >= 4 is 5.91 Å². The van der Waals surface area contributed by atoms with Gasteiger partial charge in [-0.05, 0) is 19.9 Å². The highest BCUT2D eigenvalue weighted by Gasteiger charge is 2.37. The van der Waals surface area contributed by atoms with Gasteiger partial charge >= 0.3 is 0 Å². The lowest BCUT2D eigenvalue weighted by Gasteiger charge is -2.41. The van der Waals surface area contributed by atoms with E-state index in [0.29, 0.717) is 25.8 Å². The summed E-state index contributed by atoms with van der Waals surface area (Å²) < 4.78 is 50.5. The minimum Gasteiger partial charge on any atom is -0.503 e. The molecular weight excluding hydrogens is 343 g/mol. The lowest BCUT2D eigenvalue weighted by atomic mass is 10.0. The van der Waals surface area contributed by atoms with E-state index < -0.39 is 46.1 Å². The summed E-state index contributed by atoms with van der Waals surface area (Å²) in [6.07, 6.45) is 0. The molecule has 134 valence electrons. The smallest absolute Gasteiger partial charge is 0.295 e. The predicted octanol–water partition coefficient (Wildman–Crippen LogP) is 2.11. The highest BCUT2D eigenvalue weighted by atomic mass is 19.2. The molecule has 2 aromatic rings. The molecule has 0 bridgehead atoms. The van der Waals surface area contributed by atoms with Crippen LogP contribution in [0.4, 0.5) is 13.2 Å². The zero-order valence-electron chi connectivity index (χ0n) is 13.3. The number of carbonyl (C=O) groups is 1. The van der Waals surface area contributed by atoms with Crippen LogP contribution in [-0.4, -0.2) is 51.4 Å². The van der Waals surface area contributed by atoms with E-state index in [0.717, 1.165) is 0 Å². The van der Waals surface area contributed by atoms with Crippen molar-refractivity contribution in [3.05, 3.63) is 29.3 Å². The maximum Gasteiger partial charge on any atom is 0.295 e. The summed E-state index contributed by atoms with van der Waals surface area (Å²) in [6, 6.07) is 0.463. The molecular formula is C15H14F3N3O4. The highest BCUT2D eigenvalue weighted by Crippen LogP contribution is 2.32. The minimum atomic E-state index is -1.73. The van der Waals surface area contributed by atoms with Gasteiger partial charge in [-0.15, -0.1) is 0 Å². The quantitative estimate of drug-likeness (QED) is 0.828. The number of phenolic OH excluding ortho intramolecular Hbond substituents is 1. The molecule has 0 aliphatic carbocycles. The van der Waals surface area contributed by atoms with Crippen LogP contribution >= 0.6 is 0 Å². The van der Waals surface area contributed by atoms with Crippen molar-refractivity contribution < 1.29 is 32.3 Å². The van der Waals surface area contributed by atoms with Gasteiger partial charge in [-0.3, -0.25) is 4.79 Å². The maximum atomic E-state index is 13.9. The van der Waals surface area contributed by atoms with Crippen LogP contribution in [0.25, 0.3) is 11.5 Å². The Morgan fingerprint density at radius 3 is 2.72 bits per heavy atom. The van der Waals surface area contributed by atoms with E-state index in [1.165, 1.54) is 4.90 Å².